The van der Waals surface area contributed by atoms with E-state index in [9.17, 15) is 17.6 Å². The molecule has 0 saturated heterocycles. The SMILES string of the molecule is CCS(=O)(=O)N(CC(=O)Nc1ccccc1F)c1ccc2c(c1)OCCO2. The zero-order chi connectivity index (χ0) is 19.4. The molecule has 0 aromatic heterocycles. The molecule has 27 heavy (non-hydrogen) atoms. The largest absolute Gasteiger partial charge is 0.486 e. The van der Waals surface area contributed by atoms with Crippen LogP contribution in [-0.4, -0.2) is 39.8 Å². The molecule has 0 atom stereocenters. The van der Waals surface area contributed by atoms with Crippen molar-refractivity contribution in [2.24, 2.45) is 0 Å². The van der Waals surface area contributed by atoms with E-state index in [1.165, 1.54) is 37.3 Å². The van der Waals surface area contributed by atoms with Crippen molar-refractivity contribution in [1.82, 2.24) is 0 Å². The third kappa shape index (κ3) is 4.30. The Kier molecular flexibility index (Phi) is 5.50. The number of halogens is 1. The molecule has 1 N–H and O–H groups in total. The standard InChI is InChI=1S/C18H19FN2O5S/c1-2-27(23,24)21(12-18(22)20-15-6-4-3-5-14(15)19)13-7-8-16-17(11-13)26-10-9-25-16/h3-8,11H,2,9-10,12H2,1H3,(H,20,22). The van der Waals surface area contributed by atoms with Gasteiger partial charge in [0.05, 0.1) is 17.1 Å². The third-order valence-electron chi connectivity index (χ3n) is 3.95. The summed E-state index contributed by atoms with van der Waals surface area (Å²) in [6.45, 7) is 1.75. The summed E-state index contributed by atoms with van der Waals surface area (Å²) in [6, 6.07) is 10.3. The first-order valence-electron chi connectivity index (χ1n) is 8.35. The van der Waals surface area contributed by atoms with Crippen LogP contribution in [-0.2, 0) is 14.8 Å². The number of rotatable bonds is 6. The van der Waals surface area contributed by atoms with E-state index >= 15 is 0 Å². The Hall–Kier alpha value is -2.81. The minimum atomic E-state index is -3.75. The smallest absolute Gasteiger partial charge is 0.245 e. The number of fused-ring (bicyclic) bond motifs is 1. The van der Waals surface area contributed by atoms with Crippen molar-refractivity contribution >= 4 is 27.3 Å². The van der Waals surface area contributed by atoms with E-state index in [1.54, 1.807) is 12.1 Å². The molecule has 1 aliphatic rings. The molecule has 144 valence electrons. The summed E-state index contributed by atoms with van der Waals surface area (Å²) in [7, 11) is -3.75. The highest BCUT2D eigenvalue weighted by molar-refractivity contribution is 7.92. The normalized spacial score (nSPS) is 13.1. The summed E-state index contributed by atoms with van der Waals surface area (Å²) in [5.41, 5.74) is 0.253. The summed E-state index contributed by atoms with van der Waals surface area (Å²) in [4.78, 5) is 12.4. The number of benzene rings is 2. The molecule has 0 spiro atoms. The Morgan fingerprint density at radius 3 is 2.56 bits per heavy atom. The van der Waals surface area contributed by atoms with Gasteiger partial charge in [-0.15, -0.1) is 0 Å². The molecule has 0 radical (unpaired) electrons. The van der Waals surface area contributed by atoms with Gasteiger partial charge in [0, 0.05) is 6.07 Å². The van der Waals surface area contributed by atoms with E-state index in [0.29, 0.717) is 24.7 Å². The van der Waals surface area contributed by atoms with Gasteiger partial charge in [0.15, 0.2) is 11.5 Å². The maximum Gasteiger partial charge on any atom is 0.245 e. The number of hydrogen-bond acceptors (Lipinski definition) is 5. The zero-order valence-corrected chi connectivity index (χ0v) is 15.5. The van der Waals surface area contributed by atoms with Crippen LogP contribution in [0.3, 0.4) is 0 Å². The van der Waals surface area contributed by atoms with Gasteiger partial charge < -0.3 is 14.8 Å². The number of carbonyl (C=O) groups excluding carboxylic acids is 1. The van der Waals surface area contributed by atoms with Crippen molar-refractivity contribution < 1.29 is 27.1 Å². The lowest BCUT2D eigenvalue weighted by atomic mass is 10.2. The van der Waals surface area contributed by atoms with Crippen LogP contribution >= 0.6 is 0 Å². The molecule has 0 bridgehead atoms. The Bertz CT molecular complexity index is 949. The van der Waals surface area contributed by atoms with Gasteiger partial charge >= 0.3 is 0 Å². The highest BCUT2D eigenvalue weighted by Gasteiger charge is 2.25. The number of carbonyl (C=O) groups is 1. The van der Waals surface area contributed by atoms with Crippen LogP contribution in [0.1, 0.15) is 6.92 Å². The number of para-hydroxylation sites is 1. The fourth-order valence-corrected chi connectivity index (χ4v) is 3.64. The Morgan fingerprint density at radius 1 is 1.15 bits per heavy atom. The number of anilines is 2. The third-order valence-corrected chi connectivity index (χ3v) is 5.69. The summed E-state index contributed by atoms with van der Waals surface area (Å²) in [5.74, 6) is -0.546. The highest BCUT2D eigenvalue weighted by Crippen LogP contribution is 2.34. The second kappa shape index (κ2) is 7.83. The molecule has 0 saturated carbocycles. The topological polar surface area (TPSA) is 84.9 Å². The number of amides is 1. The van der Waals surface area contributed by atoms with Crippen molar-refractivity contribution in [3.8, 4) is 11.5 Å². The van der Waals surface area contributed by atoms with Crippen molar-refractivity contribution in [1.29, 1.82) is 0 Å². The minimum Gasteiger partial charge on any atom is -0.486 e. The van der Waals surface area contributed by atoms with Crippen LogP contribution in [0.2, 0.25) is 0 Å². The average molecular weight is 394 g/mol. The van der Waals surface area contributed by atoms with Crippen LogP contribution in [0.25, 0.3) is 0 Å². The molecule has 0 fully saturated rings. The Labute approximate surface area is 156 Å². The maximum absolute atomic E-state index is 13.7. The van der Waals surface area contributed by atoms with Crippen LogP contribution < -0.4 is 19.1 Å². The predicted molar refractivity (Wildman–Crippen MR) is 99.3 cm³/mol. The molecule has 2 aromatic rings. The Morgan fingerprint density at radius 2 is 1.85 bits per heavy atom. The lowest BCUT2D eigenvalue weighted by molar-refractivity contribution is -0.114. The number of nitrogens with zero attached hydrogens (tertiary/aromatic N) is 1. The van der Waals surface area contributed by atoms with Crippen LogP contribution in [0.4, 0.5) is 15.8 Å². The van der Waals surface area contributed by atoms with Crippen LogP contribution in [0.15, 0.2) is 42.5 Å². The van der Waals surface area contributed by atoms with Gasteiger partial charge in [-0.1, -0.05) is 12.1 Å². The lowest BCUT2D eigenvalue weighted by Gasteiger charge is -2.25. The molecule has 0 aliphatic carbocycles. The van der Waals surface area contributed by atoms with E-state index in [4.69, 9.17) is 9.47 Å². The van der Waals surface area contributed by atoms with Crippen molar-refractivity contribution in [3.63, 3.8) is 0 Å². The molecular formula is C18H19FN2O5S. The second-order valence-corrected chi connectivity index (χ2v) is 7.95. The molecule has 0 unspecified atom stereocenters. The van der Waals surface area contributed by atoms with E-state index in [0.717, 1.165) is 4.31 Å². The number of ether oxygens (including phenoxy) is 2. The summed E-state index contributed by atoms with van der Waals surface area (Å²) in [6.07, 6.45) is 0. The number of hydrogen-bond donors (Lipinski definition) is 1. The van der Waals surface area contributed by atoms with Crippen LogP contribution in [0.5, 0.6) is 11.5 Å². The number of nitrogens with one attached hydrogen (secondary N) is 1. The van der Waals surface area contributed by atoms with Gasteiger partial charge in [-0.25, -0.2) is 12.8 Å². The second-order valence-electron chi connectivity index (χ2n) is 5.76. The van der Waals surface area contributed by atoms with E-state index in [2.05, 4.69) is 5.32 Å². The summed E-state index contributed by atoms with van der Waals surface area (Å²) >= 11 is 0. The molecule has 3 rings (SSSR count). The first kappa shape index (κ1) is 19.0. The first-order valence-corrected chi connectivity index (χ1v) is 9.96. The minimum absolute atomic E-state index is 0.0153. The van der Waals surface area contributed by atoms with Crippen LogP contribution in [0, 0.1) is 5.82 Å². The molecular weight excluding hydrogens is 375 g/mol. The fraction of sp³-hybridized carbons (Fsp3) is 0.278. The van der Waals surface area contributed by atoms with Gasteiger partial charge in [0.1, 0.15) is 25.6 Å². The first-order chi connectivity index (χ1) is 12.9. The predicted octanol–water partition coefficient (Wildman–Crippen LogP) is 2.39. The van der Waals surface area contributed by atoms with E-state index in [1.807, 2.05) is 0 Å². The van der Waals surface area contributed by atoms with E-state index in [-0.39, 0.29) is 17.1 Å². The van der Waals surface area contributed by atoms with Gasteiger partial charge in [-0.05, 0) is 31.2 Å². The fourth-order valence-electron chi connectivity index (χ4n) is 2.58. The summed E-state index contributed by atoms with van der Waals surface area (Å²) in [5, 5.41) is 2.39. The van der Waals surface area contributed by atoms with Gasteiger partial charge in [0.25, 0.3) is 0 Å². The van der Waals surface area contributed by atoms with Gasteiger partial charge in [0.2, 0.25) is 15.9 Å². The van der Waals surface area contributed by atoms with Crippen molar-refractivity contribution in [3.05, 3.63) is 48.3 Å². The van der Waals surface area contributed by atoms with Gasteiger partial charge in [-0.2, -0.15) is 0 Å². The average Bonchev–Trinajstić information content (AvgIpc) is 2.67. The molecule has 1 heterocycles. The zero-order valence-electron chi connectivity index (χ0n) is 14.6. The summed E-state index contributed by atoms with van der Waals surface area (Å²) < 4.78 is 50.7. The molecule has 1 aliphatic heterocycles. The van der Waals surface area contributed by atoms with Crippen molar-refractivity contribution in [2.45, 2.75) is 6.92 Å². The van der Waals surface area contributed by atoms with Gasteiger partial charge in [-0.3, -0.25) is 9.10 Å². The van der Waals surface area contributed by atoms with Crippen molar-refractivity contribution in [2.75, 3.05) is 35.1 Å². The lowest BCUT2D eigenvalue weighted by Crippen LogP contribution is -2.39. The highest BCUT2D eigenvalue weighted by atomic mass is 32.2. The number of sulfonamides is 1. The molecule has 1 amide bonds. The maximum atomic E-state index is 13.7. The van der Waals surface area contributed by atoms with E-state index < -0.39 is 28.3 Å². The Balaban J connectivity index is 1.86. The molecule has 7 nitrogen and oxygen atoms in total. The molecule has 2 aromatic carbocycles. The quantitative estimate of drug-likeness (QED) is 0.813. The molecule has 9 heteroatoms. The monoisotopic (exact) mass is 394 g/mol.